The Morgan fingerprint density at radius 3 is 1.69 bits per heavy atom. The molecule has 0 radical (unpaired) electrons. The molecule has 6 atom stereocenters. The van der Waals surface area contributed by atoms with E-state index in [1.54, 1.807) is 5.31 Å². The van der Waals surface area contributed by atoms with E-state index in [0.717, 1.165) is 0 Å². The van der Waals surface area contributed by atoms with E-state index in [-0.39, 0.29) is 23.8 Å². The Balaban J connectivity index is 1.77. The zero-order valence-electron chi connectivity index (χ0n) is 17.8. The Labute approximate surface area is 163 Å². The highest BCUT2D eigenvalue weighted by atomic mass is 31.3. The highest BCUT2D eigenvalue weighted by molar-refractivity contribution is 8.29. The summed E-state index contributed by atoms with van der Waals surface area (Å²) in [5.41, 5.74) is 2.85. The van der Waals surface area contributed by atoms with E-state index in [1.807, 2.05) is 0 Å². The standard InChI is InChI=1S/C23H33P3/c1-18(2,3)21-22(19(4,5)6)25-17(16-13-11-10-12-14-16)15-24(21)23(25,26(21)22)20(7,8)9/h10-15H,1-9H3. The Bertz CT molecular complexity index is 835. The molecule has 4 heterocycles. The minimum absolute atomic E-state index is 0.0206. The summed E-state index contributed by atoms with van der Waals surface area (Å²) >= 11 is 0. The lowest BCUT2D eigenvalue weighted by atomic mass is 9.80. The summed E-state index contributed by atoms with van der Waals surface area (Å²) in [4.78, 5) is 1.31. The molecule has 0 saturated carbocycles. The summed E-state index contributed by atoms with van der Waals surface area (Å²) in [5.74, 6) is 2.85. The second kappa shape index (κ2) is 4.53. The predicted octanol–water partition coefficient (Wildman–Crippen LogP) is 8.67. The van der Waals surface area contributed by atoms with Crippen LogP contribution in [0.25, 0.3) is 5.31 Å². The third-order valence-corrected chi connectivity index (χ3v) is 26.0. The van der Waals surface area contributed by atoms with Crippen LogP contribution < -0.4 is 0 Å². The molecule has 0 N–H and O–H groups in total. The highest BCUT2D eigenvalue weighted by Crippen LogP contribution is 3.37. The van der Waals surface area contributed by atoms with Crippen molar-refractivity contribution in [2.75, 3.05) is 0 Å². The molecule has 1 aromatic rings. The molecule has 5 rings (SSSR count). The van der Waals surface area contributed by atoms with E-state index in [1.165, 1.54) is 5.56 Å². The smallest absolute Gasteiger partial charge is 0.0462 e. The van der Waals surface area contributed by atoms with Crippen LogP contribution >= 0.6 is 23.8 Å². The largest absolute Gasteiger partial charge is 0.0640 e. The van der Waals surface area contributed by atoms with E-state index in [2.05, 4.69) is 98.5 Å². The quantitative estimate of drug-likeness (QED) is 0.412. The first-order chi connectivity index (χ1) is 11.8. The normalized spacial score (nSPS) is 45.4. The SMILES string of the molecule is CC(C)(C)C12P3C=C(c4ccccc4)P1C1(C(C)(C)C)P2C31C(C)(C)C. The Kier molecular flexibility index (Phi) is 3.19. The van der Waals surface area contributed by atoms with Gasteiger partial charge < -0.3 is 0 Å². The van der Waals surface area contributed by atoms with Crippen LogP contribution in [0.5, 0.6) is 0 Å². The minimum Gasteiger partial charge on any atom is -0.0640 e. The molecule has 4 aliphatic heterocycles. The average molecular weight is 402 g/mol. The van der Waals surface area contributed by atoms with Crippen LogP contribution in [0.4, 0.5) is 0 Å². The minimum atomic E-state index is -0.0743. The van der Waals surface area contributed by atoms with Gasteiger partial charge in [0.25, 0.3) is 0 Å². The topological polar surface area (TPSA) is 0 Å². The van der Waals surface area contributed by atoms with Gasteiger partial charge in [0.15, 0.2) is 0 Å². The molecule has 1 aromatic carbocycles. The molecule has 3 heteroatoms. The second-order valence-electron chi connectivity index (χ2n) is 11.7. The monoisotopic (exact) mass is 402 g/mol. The second-order valence-corrected chi connectivity index (χ2v) is 20.9. The molecule has 26 heavy (non-hydrogen) atoms. The van der Waals surface area contributed by atoms with Gasteiger partial charge in [0.1, 0.15) is 0 Å². The van der Waals surface area contributed by atoms with E-state index in [0.29, 0.717) is 30.7 Å². The fourth-order valence-electron chi connectivity index (χ4n) is 6.96. The summed E-state index contributed by atoms with van der Waals surface area (Å²) in [7, 11) is 0.0454. The molecule has 0 aromatic heterocycles. The lowest BCUT2D eigenvalue weighted by Gasteiger charge is -2.65. The van der Waals surface area contributed by atoms with Crippen LogP contribution in [-0.2, 0) is 0 Å². The van der Waals surface area contributed by atoms with Gasteiger partial charge in [0, 0.05) is 14.4 Å². The van der Waals surface area contributed by atoms with Crippen molar-refractivity contribution < 1.29 is 0 Å². The molecule has 0 spiro atoms. The van der Waals surface area contributed by atoms with Gasteiger partial charge in [0.2, 0.25) is 0 Å². The first-order valence-electron chi connectivity index (χ1n) is 10.00. The molecule has 3 saturated heterocycles. The number of fused-ring (bicyclic) bond motifs is 3. The van der Waals surface area contributed by atoms with E-state index in [4.69, 9.17) is 0 Å². The first-order valence-corrected chi connectivity index (χ1v) is 14.1. The average Bonchev–Trinajstić information content (AvgIpc) is 2.78. The maximum Gasteiger partial charge on any atom is 0.0462 e. The lowest BCUT2D eigenvalue weighted by molar-refractivity contribution is 0.294. The summed E-state index contributed by atoms with van der Waals surface area (Å²) in [6, 6.07) is 11.4. The molecule has 0 bridgehead atoms. The van der Waals surface area contributed by atoms with Crippen molar-refractivity contribution in [2.45, 2.75) is 76.7 Å². The number of benzene rings is 1. The lowest BCUT2D eigenvalue weighted by Crippen LogP contribution is -2.46. The van der Waals surface area contributed by atoms with Gasteiger partial charge in [-0.15, -0.1) is 0 Å². The van der Waals surface area contributed by atoms with Gasteiger partial charge in [-0.1, -0.05) is 108 Å². The van der Waals surface area contributed by atoms with Crippen LogP contribution in [0.3, 0.4) is 0 Å². The molecule has 3 fully saturated rings. The van der Waals surface area contributed by atoms with Crippen molar-refractivity contribution in [2.24, 2.45) is 16.2 Å². The van der Waals surface area contributed by atoms with Gasteiger partial charge in [-0.3, -0.25) is 0 Å². The third-order valence-electron chi connectivity index (χ3n) is 7.37. The predicted molar refractivity (Wildman–Crippen MR) is 122 cm³/mol. The van der Waals surface area contributed by atoms with Crippen molar-refractivity contribution >= 4 is 29.1 Å². The van der Waals surface area contributed by atoms with Crippen molar-refractivity contribution in [1.82, 2.24) is 0 Å². The molecule has 0 aliphatic carbocycles. The number of rotatable bonds is 1. The van der Waals surface area contributed by atoms with Crippen molar-refractivity contribution in [3.05, 3.63) is 41.7 Å². The summed E-state index contributed by atoms with van der Waals surface area (Å²) < 4.78 is 0.679. The van der Waals surface area contributed by atoms with Gasteiger partial charge in [-0.25, -0.2) is 0 Å². The summed E-state index contributed by atoms with van der Waals surface area (Å²) in [5, 5.41) is 1.78. The maximum atomic E-state index is 2.85. The van der Waals surface area contributed by atoms with Crippen LogP contribution in [0, 0.1) is 16.2 Å². The molecule has 0 nitrogen and oxygen atoms in total. The number of hydrogen-bond acceptors (Lipinski definition) is 0. The molecule has 4 aliphatic rings. The number of hydrogen-bond donors (Lipinski definition) is 0. The van der Waals surface area contributed by atoms with E-state index >= 15 is 0 Å². The molecule has 0 amide bonds. The first kappa shape index (κ1) is 18.3. The zero-order chi connectivity index (χ0) is 19.1. The van der Waals surface area contributed by atoms with Crippen LogP contribution in [0.1, 0.15) is 67.9 Å². The van der Waals surface area contributed by atoms with Gasteiger partial charge >= 0.3 is 0 Å². The molecule has 6 unspecified atom stereocenters. The molecule has 140 valence electrons. The zero-order valence-corrected chi connectivity index (χ0v) is 20.5. The van der Waals surface area contributed by atoms with Gasteiger partial charge in [-0.2, -0.15) is 0 Å². The molecular weight excluding hydrogens is 369 g/mol. The highest BCUT2D eigenvalue weighted by Gasteiger charge is 3.11. The van der Waals surface area contributed by atoms with Crippen LogP contribution in [-0.4, -0.2) is 14.4 Å². The van der Waals surface area contributed by atoms with Gasteiger partial charge in [0.05, 0.1) is 0 Å². The fourth-order valence-corrected chi connectivity index (χ4v) is 32.4. The summed E-state index contributed by atoms with van der Waals surface area (Å²) in [6.45, 7) is 23.1. The van der Waals surface area contributed by atoms with Crippen molar-refractivity contribution in [3.8, 4) is 0 Å². The van der Waals surface area contributed by atoms with Gasteiger partial charge in [-0.05, 0) is 40.9 Å². The Morgan fingerprint density at radius 2 is 1.23 bits per heavy atom. The molecular formula is C23H33P3. The van der Waals surface area contributed by atoms with Crippen LogP contribution in [0.2, 0.25) is 0 Å². The summed E-state index contributed by atoms with van der Waals surface area (Å²) in [6.07, 6.45) is 0. The van der Waals surface area contributed by atoms with Crippen molar-refractivity contribution in [1.29, 1.82) is 0 Å². The van der Waals surface area contributed by atoms with E-state index < -0.39 is 0 Å². The van der Waals surface area contributed by atoms with E-state index in [9.17, 15) is 0 Å². The van der Waals surface area contributed by atoms with Crippen molar-refractivity contribution in [3.63, 3.8) is 0 Å². The third kappa shape index (κ3) is 1.41. The Hall–Kier alpha value is 0.250. The van der Waals surface area contributed by atoms with Crippen LogP contribution in [0.15, 0.2) is 36.1 Å². The fraction of sp³-hybridized carbons (Fsp3) is 0.652. The maximum absolute atomic E-state index is 2.85. The Morgan fingerprint density at radius 1 is 0.692 bits per heavy atom.